The summed E-state index contributed by atoms with van der Waals surface area (Å²) in [6.45, 7) is 14.5. The number of H-pyrrole nitrogens is 1. The van der Waals surface area contributed by atoms with Crippen LogP contribution in [0.4, 0.5) is 13.2 Å². The van der Waals surface area contributed by atoms with Crippen molar-refractivity contribution < 1.29 is 37.4 Å². The van der Waals surface area contributed by atoms with Gasteiger partial charge >= 0.3 is 0 Å². The number of carbonyl (C=O) groups is 3. The maximum absolute atomic E-state index is 16.0. The Hall–Kier alpha value is -5.29. The minimum Gasteiger partial charge on any atom is -0.493 e. The molecule has 12 nitrogen and oxygen atoms in total. The first-order valence-corrected chi connectivity index (χ1v) is 25.6. The molecule has 70 heavy (non-hydrogen) atoms. The monoisotopic (exact) mass is 986 g/mol. The number of rotatable bonds is 21. The van der Waals surface area contributed by atoms with Gasteiger partial charge in [0, 0.05) is 72.8 Å². The number of likely N-dealkylation sites (tertiary alicyclic amines) is 1. The van der Waals surface area contributed by atoms with Crippen LogP contribution in [0.1, 0.15) is 121 Å². The number of aliphatic hydroxyl groups is 1. The van der Waals surface area contributed by atoms with Crippen LogP contribution in [0.15, 0.2) is 66.2 Å². The molecule has 5 atom stereocenters. The second kappa shape index (κ2) is 22.9. The predicted molar refractivity (Wildman–Crippen MR) is 269 cm³/mol. The summed E-state index contributed by atoms with van der Waals surface area (Å²) in [5, 5.41) is 20.9. The van der Waals surface area contributed by atoms with Crippen molar-refractivity contribution in [2.45, 2.75) is 142 Å². The van der Waals surface area contributed by atoms with E-state index in [1.54, 1.807) is 11.3 Å². The molecule has 2 aliphatic rings. The number of aromatic amines is 1. The number of alkyl halides is 1. The van der Waals surface area contributed by atoms with E-state index in [9.17, 15) is 19.5 Å². The number of aryl methyl sites for hydroxylation is 1. The van der Waals surface area contributed by atoms with Gasteiger partial charge in [0.1, 0.15) is 35.1 Å². The number of nitrogens with one attached hydrogen (secondary N) is 4. The molecule has 0 radical (unpaired) electrons. The standard InChI is InChI=1S/C54H70F3N7O5S/c1-33-25-40-39-15-10-11-16-43(39)61-47(40)48(64(33)31-54(6,7)57)46-41(55)27-38(28-42(46)56)69-24-14-13-23-58-22-12-8-9-17-45(66)62-50(53(3,4)5)52(68)63-30-37(65)26-44(63)51(67)59-29-35-18-20-36(21-19-35)49-34(2)60-32-70-49/h10-11,15-16,18-21,27-28,32-33,37,44,48,50,58,61,65H,8-9,12-14,17,22-26,29-31H2,1-7H3,(H,59,67)(H,62,66)/t33-,37-,44+,48-,50?/m1/s1. The molecule has 1 unspecified atom stereocenters. The predicted octanol–water partition coefficient (Wildman–Crippen LogP) is 9.08. The van der Waals surface area contributed by atoms with E-state index in [0.29, 0.717) is 25.0 Å². The lowest BCUT2D eigenvalue weighted by Gasteiger charge is -2.43. The third-order valence-corrected chi connectivity index (χ3v) is 14.4. The number of hydrogen-bond acceptors (Lipinski definition) is 9. The fourth-order valence-electron chi connectivity index (χ4n) is 9.80. The van der Waals surface area contributed by atoms with E-state index in [2.05, 4.69) is 25.9 Å². The summed E-state index contributed by atoms with van der Waals surface area (Å²) >= 11 is 1.57. The highest BCUT2D eigenvalue weighted by Gasteiger charge is 2.45. The van der Waals surface area contributed by atoms with E-state index in [-0.39, 0.29) is 68.3 Å². The smallest absolute Gasteiger partial charge is 0.246 e. The first-order chi connectivity index (χ1) is 33.3. The number of ether oxygens (including phenoxy) is 1. The van der Waals surface area contributed by atoms with Gasteiger partial charge in [0.2, 0.25) is 17.7 Å². The molecule has 5 N–H and O–H groups in total. The van der Waals surface area contributed by atoms with Crippen LogP contribution in [0.3, 0.4) is 0 Å². The number of amides is 3. The van der Waals surface area contributed by atoms with Crippen molar-refractivity contribution in [3.63, 3.8) is 0 Å². The number of hydrogen-bond donors (Lipinski definition) is 5. The molecule has 7 rings (SSSR count). The van der Waals surface area contributed by atoms with Gasteiger partial charge < -0.3 is 35.7 Å². The first-order valence-electron chi connectivity index (χ1n) is 24.7. The second-order valence-corrected chi connectivity index (χ2v) is 21.6. The van der Waals surface area contributed by atoms with E-state index < -0.39 is 52.9 Å². The van der Waals surface area contributed by atoms with E-state index in [1.165, 1.54) is 30.9 Å². The zero-order valence-corrected chi connectivity index (χ0v) is 42.4. The Morgan fingerprint density at radius 1 is 0.971 bits per heavy atom. The number of β-amino-alcohol motifs (C(OH)–C–C–N with tert-alkyl or cyclic N) is 1. The Morgan fingerprint density at radius 3 is 2.34 bits per heavy atom. The van der Waals surface area contributed by atoms with Gasteiger partial charge in [0.15, 0.2) is 0 Å². The van der Waals surface area contributed by atoms with E-state index >= 15 is 13.2 Å². The highest BCUT2D eigenvalue weighted by molar-refractivity contribution is 7.13. The van der Waals surface area contributed by atoms with Crippen molar-refractivity contribution in [2.24, 2.45) is 5.41 Å². The SMILES string of the molecule is Cc1ncsc1-c1ccc(CNC(=O)[C@@H]2C[C@@H](O)CN2C(=O)C(NC(=O)CCCCCNCCCCOc2cc(F)c([C@@H]3c4[nH]c5ccccc5c4C[C@@H](C)N3CC(C)(C)F)c(F)c2)C(C)(C)C)cc1. The fourth-order valence-corrected chi connectivity index (χ4v) is 10.6. The highest BCUT2D eigenvalue weighted by Crippen LogP contribution is 2.44. The summed E-state index contributed by atoms with van der Waals surface area (Å²) < 4.78 is 53.1. The van der Waals surface area contributed by atoms with Gasteiger partial charge in [-0.15, -0.1) is 11.3 Å². The summed E-state index contributed by atoms with van der Waals surface area (Å²) in [7, 11) is 0. The third kappa shape index (κ3) is 13.0. The van der Waals surface area contributed by atoms with Crippen molar-refractivity contribution >= 4 is 40.0 Å². The number of nitrogens with zero attached hydrogens (tertiary/aromatic N) is 3. The van der Waals surface area contributed by atoms with Crippen molar-refractivity contribution in [3.05, 3.63) is 106 Å². The topological polar surface area (TPSA) is 152 Å². The number of fused-ring (bicyclic) bond motifs is 3. The number of aliphatic hydroxyl groups excluding tert-OH is 1. The Morgan fingerprint density at radius 2 is 1.67 bits per heavy atom. The second-order valence-electron chi connectivity index (χ2n) is 20.8. The van der Waals surface area contributed by atoms with Gasteiger partial charge in [-0.05, 0) is 101 Å². The zero-order valence-electron chi connectivity index (χ0n) is 41.6. The van der Waals surface area contributed by atoms with Gasteiger partial charge in [-0.2, -0.15) is 0 Å². The summed E-state index contributed by atoms with van der Waals surface area (Å²) in [4.78, 5) is 52.7. The lowest BCUT2D eigenvalue weighted by Crippen LogP contribution is -2.57. The number of halogens is 3. The molecule has 3 amide bonds. The van der Waals surface area contributed by atoms with Crippen molar-refractivity contribution in [3.8, 4) is 16.2 Å². The van der Waals surface area contributed by atoms with Crippen LogP contribution in [0.2, 0.25) is 0 Å². The Labute approximate surface area is 414 Å². The molecule has 0 saturated carbocycles. The number of benzene rings is 3. The van der Waals surface area contributed by atoms with Crippen LogP contribution in [0, 0.1) is 24.0 Å². The molecule has 1 fully saturated rings. The van der Waals surface area contributed by atoms with Crippen molar-refractivity contribution in [1.29, 1.82) is 0 Å². The lowest BCUT2D eigenvalue weighted by molar-refractivity contribution is -0.144. The molecule has 1 saturated heterocycles. The van der Waals surface area contributed by atoms with Crippen LogP contribution in [-0.2, 0) is 27.3 Å². The normalized spacial score (nSPS) is 19.0. The van der Waals surface area contributed by atoms with E-state index in [0.717, 1.165) is 70.5 Å². The van der Waals surface area contributed by atoms with E-state index in [1.807, 2.05) is 93.6 Å². The summed E-state index contributed by atoms with van der Waals surface area (Å²) in [5.74, 6) is -2.37. The third-order valence-electron chi connectivity index (χ3n) is 13.4. The maximum atomic E-state index is 16.0. The largest absolute Gasteiger partial charge is 0.493 e. The quantitative estimate of drug-likeness (QED) is 0.0457. The zero-order chi connectivity index (χ0) is 50.3. The first kappa shape index (κ1) is 52.5. The maximum Gasteiger partial charge on any atom is 0.246 e. The van der Waals surface area contributed by atoms with Gasteiger partial charge in [-0.25, -0.2) is 18.2 Å². The molecule has 0 spiro atoms. The molecule has 0 bridgehead atoms. The Balaban J connectivity index is 0.808. The molecule has 16 heteroatoms. The number of unbranched alkanes of at least 4 members (excludes halogenated alkanes) is 3. The molecule has 5 aromatic rings. The molecule has 2 aliphatic heterocycles. The van der Waals surface area contributed by atoms with Crippen molar-refractivity contribution in [2.75, 3.05) is 32.8 Å². The number of aromatic nitrogens is 2. The average molecular weight is 986 g/mol. The van der Waals surface area contributed by atoms with Crippen molar-refractivity contribution in [1.82, 2.24) is 35.7 Å². The van der Waals surface area contributed by atoms with Crippen LogP contribution < -0.4 is 20.7 Å². The molecule has 2 aromatic heterocycles. The Bertz CT molecular complexity index is 2570. The lowest BCUT2D eigenvalue weighted by atomic mass is 9.85. The molecular formula is C54H70F3N7O5S. The number of carbonyl (C=O) groups excluding carboxylic acids is 3. The summed E-state index contributed by atoms with van der Waals surface area (Å²) in [5.41, 5.74) is 4.91. The summed E-state index contributed by atoms with van der Waals surface area (Å²) in [6.07, 6.45) is 3.83. The molecular weight excluding hydrogens is 916 g/mol. The molecule has 3 aromatic carbocycles. The van der Waals surface area contributed by atoms with Gasteiger partial charge in [0.25, 0.3) is 0 Å². The number of para-hydroxylation sites is 1. The summed E-state index contributed by atoms with van der Waals surface area (Å²) in [6, 6.07) is 15.4. The van der Waals surface area contributed by atoms with E-state index in [4.69, 9.17) is 4.74 Å². The highest BCUT2D eigenvalue weighted by atomic mass is 32.1. The minimum absolute atomic E-state index is 0.00258. The van der Waals surface area contributed by atoms with Gasteiger partial charge in [-0.1, -0.05) is 69.7 Å². The Kier molecular flexibility index (Phi) is 17.1. The minimum atomic E-state index is -1.59. The average Bonchev–Trinajstić information content (AvgIpc) is 4.02. The van der Waals surface area contributed by atoms with Crippen LogP contribution in [-0.4, -0.2) is 105 Å². The van der Waals surface area contributed by atoms with Crippen LogP contribution in [0.5, 0.6) is 5.75 Å². The molecule has 0 aliphatic carbocycles. The number of thiazole rings is 1. The molecule has 378 valence electrons. The van der Waals surface area contributed by atoms with Gasteiger partial charge in [-0.3, -0.25) is 19.3 Å². The molecule has 4 heterocycles. The van der Waals surface area contributed by atoms with Crippen LogP contribution >= 0.6 is 11.3 Å². The van der Waals surface area contributed by atoms with Crippen LogP contribution in [0.25, 0.3) is 21.3 Å². The fraction of sp³-hybridized carbons (Fsp3) is 0.519. The van der Waals surface area contributed by atoms with Gasteiger partial charge in [0.05, 0.1) is 34.8 Å².